The summed E-state index contributed by atoms with van der Waals surface area (Å²) in [6.45, 7) is 16.9. The molecule has 0 unspecified atom stereocenters. The number of aldehydes is 1. The number of carbonyl (C=O) groups is 3. The van der Waals surface area contributed by atoms with Crippen molar-refractivity contribution in [3.63, 3.8) is 0 Å². The van der Waals surface area contributed by atoms with Gasteiger partial charge in [-0.1, -0.05) is 6.07 Å². The van der Waals surface area contributed by atoms with Crippen molar-refractivity contribution >= 4 is 30.3 Å². The summed E-state index contributed by atoms with van der Waals surface area (Å²) in [5.74, 6) is -0.588. The van der Waals surface area contributed by atoms with E-state index in [9.17, 15) is 14.4 Å². The van der Waals surface area contributed by atoms with Gasteiger partial charge in [-0.05, 0) is 53.7 Å². The first-order valence-corrected chi connectivity index (χ1v) is 15.1. The van der Waals surface area contributed by atoms with E-state index < -0.39 is 11.2 Å². The Morgan fingerprint density at radius 3 is 1.73 bits per heavy atom. The molecule has 4 N–H and O–H groups in total. The minimum Gasteiger partial charge on any atom is -0.459 e. The molecule has 44 heavy (non-hydrogen) atoms. The van der Waals surface area contributed by atoms with E-state index in [-0.39, 0.29) is 31.6 Å². The molecule has 1 aromatic rings. The van der Waals surface area contributed by atoms with Crippen molar-refractivity contribution < 1.29 is 23.9 Å². The highest BCUT2D eigenvalue weighted by Gasteiger charge is 2.24. The molecule has 0 amide bonds. The maximum Gasteiger partial charge on any atom is 0.320 e. The molecule has 13 nitrogen and oxygen atoms in total. The number of hydrogen-bond acceptors (Lipinski definition) is 12. The number of aliphatic imine (C=N–C) groups is 1. The molecule has 0 aromatic carbocycles. The number of ether oxygens (including phenoxy) is 2. The van der Waals surface area contributed by atoms with Crippen LogP contribution in [0.4, 0.5) is 0 Å². The van der Waals surface area contributed by atoms with Gasteiger partial charge in [0.15, 0.2) is 0 Å². The van der Waals surface area contributed by atoms with Crippen LogP contribution in [0, 0.1) is 0 Å². The van der Waals surface area contributed by atoms with Gasteiger partial charge >= 0.3 is 11.9 Å². The average Bonchev–Trinajstić information content (AvgIpc) is 2.91. The molecule has 2 heterocycles. The van der Waals surface area contributed by atoms with E-state index >= 15 is 0 Å². The van der Waals surface area contributed by atoms with E-state index in [1.54, 1.807) is 0 Å². The van der Waals surface area contributed by atoms with Crippen molar-refractivity contribution in [3.8, 4) is 0 Å². The second kappa shape index (κ2) is 17.8. The molecule has 0 radical (unpaired) electrons. The molecule has 0 bridgehead atoms. The van der Waals surface area contributed by atoms with Crippen molar-refractivity contribution in [2.75, 3.05) is 72.0 Å². The summed E-state index contributed by atoms with van der Waals surface area (Å²) in [5, 5.41) is 0. The van der Waals surface area contributed by atoms with Crippen LogP contribution in [0.1, 0.15) is 52.9 Å². The smallest absolute Gasteiger partial charge is 0.320 e. The maximum absolute atomic E-state index is 12.8. The van der Waals surface area contributed by atoms with Gasteiger partial charge in [0.1, 0.15) is 23.2 Å². The summed E-state index contributed by atoms with van der Waals surface area (Å²) >= 11 is 0. The quantitative estimate of drug-likeness (QED) is 0.166. The molecule has 246 valence electrons. The van der Waals surface area contributed by atoms with Gasteiger partial charge in [-0.2, -0.15) is 0 Å². The lowest BCUT2D eigenvalue weighted by molar-refractivity contribution is -0.157. The van der Waals surface area contributed by atoms with Crippen LogP contribution in [0.25, 0.3) is 5.70 Å². The van der Waals surface area contributed by atoms with E-state index in [1.807, 2.05) is 64.6 Å². The minimum absolute atomic E-state index is 0.139. The Morgan fingerprint density at radius 2 is 1.30 bits per heavy atom. The third-order valence-electron chi connectivity index (χ3n) is 6.63. The average molecular weight is 617 g/mol. The third kappa shape index (κ3) is 14.9. The molecule has 1 aromatic heterocycles. The van der Waals surface area contributed by atoms with Gasteiger partial charge in [0, 0.05) is 65.1 Å². The fourth-order valence-electron chi connectivity index (χ4n) is 4.67. The van der Waals surface area contributed by atoms with Crippen LogP contribution in [-0.4, -0.2) is 132 Å². The van der Waals surface area contributed by atoms with E-state index in [2.05, 4.69) is 19.7 Å². The van der Waals surface area contributed by atoms with Crippen LogP contribution in [0.2, 0.25) is 0 Å². The molecule has 0 aliphatic carbocycles. The van der Waals surface area contributed by atoms with Crippen LogP contribution in [0.5, 0.6) is 0 Å². The minimum atomic E-state index is -0.585. The second-order valence-electron chi connectivity index (χ2n) is 12.8. The van der Waals surface area contributed by atoms with Gasteiger partial charge in [0.05, 0.1) is 37.4 Å². The zero-order valence-corrected chi connectivity index (χ0v) is 27.3. The number of hydrogen-bond donors (Lipinski definition) is 2. The Hall–Kier alpha value is -3.39. The van der Waals surface area contributed by atoms with Crippen molar-refractivity contribution in [2.45, 2.75) is 59.3 Å². The number of aromatic nitrogens is 1. The van der Waals surface area contributed by atoms with E-state index in [0.29, 0.717) is 70.3 Å². The fourth-order valence-corrected chi connectivity index (χ4v) is 4.67. The van der Waals surface area contributed by atoms with Gasteiger partial charge in [-0.25, -0.2) is 9.98 Å². The molecule has 1 aliphatic rings. The molecule has 2 rings (SSSR count). The normalized spacial score (nSPS) is 18.0. The summed E-state index contributed by atoms with van der Waals surface area (Å²) in [6, 6.07) is 5.66. The first kappa shape index (κ1) is 36.8. The van der Waals surface area contributed by atoms with Gasteiger partial charge in [-0.3, -0.25) is 29.2 Å². The van der Waals surface area contributed by atoms with Crippen molar-refractivity contribution in [1.82, 2.24) is 24.6 Å². The van der Waals surface area contributed by atoms with Crippen LogP contribution in [0.3, 0.4) is 0 Å². The molecule has 13 heteroatoms. The number of carbonyl (C=O) groups excluding carboxylic acids is 3. The maximum atomic E-state index is 12.8. The lowest BCUT2D eigenvalue weighted by Gasteiger charge is -2.34. The monoisotopic (exact) mass is 616 g/mol. The number of pyridine rings is 1. The van der Waals surface area contributed by atoms with Crippen molar-refractivity contribution in [3.05, 3.63) is 35.8 Å². The molecule has 0 saturated carbocycles. The largest absolute Gasteiger partial charge is 0.459 e. The molecular weight excluding hydrogens is 564 g/mol. The molecular formula is C31H52N8O5. The van der Waals surface area contributed by atoms with Crippen LogP contribution < -0.4 is 11.5 Å². The summed E-state index contributed by atoms with van der Waals surface area (Å²) in [7, 11) is 0. The molecule has 1 aliphatic heterocycles. The first-order valence-electron chi connectivity index (χ1n) is 15.1. The van der Waals surface area contributed by atoms with E-state index in [1.165, 1.54) is 12.5 Å². The van der Waals surface area contributed by atoms with Gasteiger partial charge < -0.3 is 25.7 Å². The van der Waals surface area contributed by atoms with Gasteiger partial charge in [0.25, 0.3) is 0 Å². The number of esters is 2. The first-order chi connectivity index (χ1) is 20.7. The summed E-state index contributed by atoms with van der Waals surface area (Å²) < 4.78 is 11.2. The molecule has 1 fully saturated rings. The topological polar surface area (TPSA) is 160 Å². The lowest BCUT2D eigenvalue weighted by atomic mass is 10.2. The van der Waals surface area contributed by atoms with Crippen LogP contribution >= 0.6 is 0 Å². The second-order valence-corrected chi connectivity index (χ2v) is 12.8. The summed E-state index contributed by atoms with van der Waals surface area (Å²) in [5.41, 5.74) is 11.9. The zero-order valence-electron chi connectivity index (χ0n) is 27.3. The third-order valence-corrected chi connectivity index (χ3v) is 6.63. The Morgan fingerprint density at radius 1 is 0.818 bits per heavy atom. The molecule has 0 spiro atoms. The molecule has 1 saturated heterocycles. The zero-order chi connectivity index (χ0) is 32.8. The van der Waals surface area contributed by atoms with Gasteiger partial charge in [-0.15, -0.1) is 0 Å². The highest BCUT2D eigenvalue weighted by Crippen LogP contribution is 2.14. The number of nitrogens with zero attached hydrogens (tertiary/aromatic N) is 6. The van der Waals surface area contributed by atoms with Crippen molar-refractivity contribution in [2.24, 2.45) is 16.5 Å². The fraction of sp³-hybridized carbons (Fsp3) is 0.645. The Kier molecular flexibility index (Phi) is 14.9. The van der Waals surface area contributed by atoms with E-state index in [4.69, 9.17) is 25.9 Å². The number of nitrogens with two attached hydrogens (primary N) is 2. The Bertz CT molecular complexity index is 1080. The predicted molar refractivity (Wildman–Crippen MR) is 171 cm³/mol. The summed E-state index contributed by atoms with van der Waals surface area (Å²) in [4.78, 5) is 54.3. The number of rotatable bonds is 10. The summed E-state index contributed by atoms with van der Waals surface area (Å²) in [6.07, 6.45) is 3.43. The SMILES string of the molecule is CC(C)(C)OC(=O)CN1CCN(CC=O)CCN(CC(=O)OC(C)(C)C)CCN(Cc2cccc(C(=C/N)/N=C\N)n2)CC1. The van der Waals surface area contributed by atoms with Crippen LogP contribution in [0.15, 0.2) is 29.4 Å². The van der Waals surface area contributed by atoms with Crippen molar-refractivity contribution in [1.29, 1.82) is 0 Å². The van der Waals surface area contributed by atoms with Crippen LogP contribution in [-0.2, 0) is 30.4 Å². The van der Waals surface area contributed by atoms with Gasteiger partial charge in [0.2, 0.25) is 0 Å². The Balaban J connectivity index is 2.31. The Labute approximate surface area is 262 Å². The van der Waals surface area contributed by atoms with E-state index in [0.717, 1.165) is 12.0 Å². The standard InChI is InChI=1S/C31H52N8O5/c1-30(2,3)43-28(41)22-38-12-10-36(18-19-40)11-13-39(23-29(42)44-31(4,5)6)17-15-37(14-16-38)21-25-8-7-9-26(35-25)27(20-32)34-24-33/h7-9,19-20,24H,10-18,21-23,32H2,1-6H3,(H2,33,34)/b27-20-. The highest BCUT2D eigenvalue weighted by molar-refractivity contribution is 5.72. The highest BCUT2D eigenvalue weighted by atomic mass is 16.6. The lowest BCUT2D eigenvalue weighted by Crippen LogP contribution is -2.48. The molecule has 0 atom stereocenters. The predicted octanol–water partition coefficient (Wildman–Crippen LogP) is 0.930.